The van der Waals surface area contributed by atoms with Crippen molar-refractivity contribution in [3.63, 3.8) is 0 Å². The largest absolute Gasteiger partial charge is 0.326 e. The second-order valence-electron chi connectivity index (χ2n) is 3.75. The van der Waals surface area contributed by atoms with Crippen molar-refractivity contribution in [1.29, 1.82) is 0 Å². The lowest BCUT2D eigenvalue weighted by atomic mass is 10.3. The maximum Gasteiger partial charge on any atom is 0.244 e. The van der Waals surface area contributed by atoms with Crippen LogP contribution >= 0.6 is 12.4 Å². The van der Waals surface area contributed by atoms with Gasteiger partial charge < -0.3 is 5.73 Å². The SMILES string of the molecule is Cl.N[C@H]1CCN(S(=O)(=O)c2cncc(F)c2)C1. The number of hydrogen-bond acceptors (Lipinski definition) is 4. The quantitative estimate of drug-likeness (QED) is 0.849. The fourth-order valence-corrected chi connectivity index (χ4v) is 3.14. The number of pyridine rings is 1. The van der Waals surface area contributed by atoms with Crippen molar-refractivity contribution in [2.75, 3.05) is 13.1 Å². The molecule has 2 heterocycles. The Labute approximate surface area is 105 Å². The van der Waals surface area contributed by atoms with Gasteiger partial charge in [-0.2, -0.15) is 4.31 Å². The number of hydrogen-bond donors (Lipinski definition) is 1. The van der Waals surface area contributed by atoms with Gasteiger partial charge in [0.25, 0.3) is 0 Å². The maximum absolute atomic E-state index is 12.9. The highest BCUT2D eigenvalue weighted by Gasteiger charge is 2.31. The van der Waals surface area contributed by atoms with Crippen molar-refractivity contribution in [2.45, 2.75) is 17.4 Å². The summed E-state index contributed by atoms with van der Waals surface area (Å²) in [5, 5.41) is 0. The number of halogens is 2. The van der Waals surface area contributed by atoms with Crippen LogP contribution in [0.25, 0.3) is 0 Å². The highest BCUT2D eigenvalue weighted by Crippen LogP contribution is 2.19. The number of rotatable bonds is 2. The zero-order chi connectivity index (χ0) is 11.8. The zero-order valence-electron chi connectivity index (χ0n) is 8.91. The predicted molar refractivity (Wildman–Crippen MR) is 62.8 cm³/mol. The summed E-state index contributed by atoms with van der Waals surface area (Å²) in [4.78, 5) is 3.41. The topological polar surface area (TPSA) is 76.3 Å². The molecule has 1 aliphatic heterocycles. The van der Waals surface area contributed by atoms with E-state index < -0.39 is 15.8 Å². The molecule has 0 radical (unpaired) electrons. The lowest BCUT2D eigenvalue weighted by Gasteiger charge is -2.15. The molecule has 0 amide bonds. The van der Waals surface area contributed by atoms with Crippen LogP contribution in [0.2, 0.25) is 0 Å². The Bertz CT molecular complexity index is 497. The summed E-state index contributed by atoms with van der Waals surface area (Å²) < 4.78 is 38.1. The average Bonchev–Trinajstić information content (AvgIpc) is 2.65. The van der Waals surface area contributed by atoms with Crippen molar-refractivity contribution in [1.82, 2.24) is 9.29 Å². The van der Waals surface area contributed by atoms with E-state index in [-0.39, 0.29) is 29.9 Å². The Hall–Kier alpha value is -0.760. The molecule has 0 aromatic carbocycles. The van der Waals surface area contributed by atoms with Crippen LogP contribution in [-0.4, -0.2) is 36.8 Å². The van der Waals surface area contributed by atoms with Gasteiger partial charge in [-0.3, -0.25) is 4.98 Å². The smallest absolute Gasteiger partial charge is 0.244 e. The number of aromatic nitrogens is 1. The predicted octanol–water partition coefficient (Wildman–Crippen LogP) is 0.364. The minimum absolute atomic E-state index is 0. The average molecular weight is 282 g/mol. The highest BCUT2D eigenvalue weighted by molar-refractivity contribution is 7.89. The molecule has 0 spiro atoms. The zero-order valence-corrected chi connectivity index (χ0v) is 10.5. The van der Waals surface area contributed by atoms with Crippen LogP contribution in [0.3, 0.4) is 0 Å². The first-order chi connectivity index (χ1) is 7.50. The molecule has 0 aliphatic carbocycles. The van der Waals surface area contributed by atoms with Gasteiger partial charge in [-0.25, -0.2) is 12.8 Å². The molecule has 1 aromatic heterocycles. The molecule has 2 rings (SSSR count). The third-order valence-corrected chi connectivity index (χ3v) is 4.34. The van der Waals surface area contributed by atoms with Gasteiger partial charge in [-0.15, -0.1) is 12.4 Å². The Morgan fingerprint density at radius 1 is 1.47 bits per heavy atom. The molecular weight excluding hydrogens is 269 g/mol. The van der Waals surface area contributed by atoms with Gasteiger partial charge in [-0.05, 0) is 12.5 Å². The van der Waals surface area contributed by atoms with Gasteiger partial charge in [0, 0.05) is 25.3 Å². The number of nitrogens with two attached hydrogens (primary N) is 1. The summed E-state index contributed by atoms with van der Waals surface area (Å²) in [7, 11) is -3.64. The normalized spacial score (nSPS) is 21.2. The van der Waals surface area contributed by atoms with E-state index in [4.69, 9.17) is 5.73 Å². The van der Waals surface area contributed by atoms with Crippen molar-refractivity contribution in [3.05, 3.63) is 24.3 Å². The second-order valence-corrected chi connectivity index (χ2v) is 5.69. The molecule has 1 fully saturated rings. The van der Waals surface area contributed by atoms with Crippen molar-refractivity contribution in [2.24, 2.45) is 5.73 Å². The third kappa shape index (κ3) is 2.92. The van der Waals surface area contributed by atoms with Gasteiger partial charge in [0.05, 0.1) is 6.20 Å². The minimum atomic E-state index is -3.64. The highest BCUT2D eigenvalue weighted by atomic mass is 35.5. The van der Waals surface area contributed by atoms with Crippen LogP contribution in [-0.2, 0) is 10.0 Å². The van der Waals surface area contributed by atoms with E-state index in [2.05, 4.69) is 4.98 Å². The van der Waals surface area contributed by atoms with E-state index in [0.29, 0.717) is 13.0 Å². The van der Waals surface area contributed by atoms with E-state index in [1.165, 1.54) is 4.31 Å². The van der Waals surface area contributed by atoms with Crippen molar-refractivity contribution < 1.29 is 12.8 Å². The van der Waals surface area contributed by atoms with Gasteiger partial charge in [-0.1, -0.05) is 0 Å². The molecule has 1 aliphatic rings. The molecule has 1 aromatic rings. The third-order valence-electron chi connectivity index (χ3n) is 2.51. The summed E-state index contributed by atoms with van der Waals surface area (Å²) in [5.41, 5.74) is 5.63. The summed E-state index contributed by atoms with van der Waals surface area (Å²) in [5.74, 6) is -0.662. The molecule has 96 valence electrons. The van der Waals surface area contributed by atoms with Crippen LogP contribution in [0.1, 0.15) is 6.42 Å². The molecule has 0 unspecified atom stereocenters. The van der Waals surface area contributed by atoms with E-state index >= 15 is 0 Å². The number of sulfonamides is 1. The Morgan fingerprint density at radius 3 is 2.71 bits per heavy atom. The molecule has 0 saturated carbocycles. The van der Waals surface area contributed by atoms with Gasteiger partial charge >= 0.3 is 0 Å². The monoisotopic (exact) mass is 281 g/mol. The molecule has 1 atom stereocenters. The first kappa shape index (κ1) is 14.3. The Balaban J connectivity index is 0.00000144. The van der Waals surface area contributed by atoms with Gasteiger partial charge in [0.2, 0.25) is 10.0 Å². The van der Waals surface area contributed by atoms with Crippen LogP contribution in [0, 0.1) is 5.82 Å². The lowest BCUT2D eigenvalue weighted by molar-refractivity contribution is 0.471. The lowest BCUT2D eigenvalue weighted by Crippen LogP contribution is -2.32. The molecule has 1 saturated heterocycles. The fraction of sp³-hybridized carbons (Fsp3) is 0.444. The molecule has 0 bridgehead atoms. The van der Waals surface area contributed by atoms with Crippen LogP contribution < -0.4 is 5.73 Å². The second kappa shape index (κ2) is 5.26. The molecular formula is C9H13ClFN3O2S. The van der Waals surface area contributed by atoms with E-state index in [1.807, 2.05) is 0 Å². The molecule has 5 nitrogen and oxygen atoms in total. The maximum atomic E-state index is 12.9. The minimum Gasteiger partial charge on any atom is -0.326 e. The van der Waals surface area contributed by atoms with Crippen LogP contribution in [0.4, 0.5) is 4.39 Å². The first-order valence-corrected chi connectivity index (χ1v) is 6.30. The molecule has 17 heavy (non-hydrogen) atoms. The van der Waals surface area contributed by atoms with Gasteiger partial charge in [0.15, 0.2) is 0 Å². The first-order valence-electron chi connectivity index (χ1n) is 4.86. The summed E-state index contributed by atoms with van der Waals surface area (Å²) >= 11 is 0. The Morgan fingerprint density at radius 2 is 2.18 bits per heavy atom. The summed E-state index contributed by atoms with van der Waals surface area (Å²) in [6.07, 6.45) is 2.74. The summed E-state index contributed by atoms with van der Waals surface area (Å²) in [6.45, 7) is 0.652. The summed E-state index contributed by atoms with van der Waals surface area (Å²) in [6, 6.07) is 0.822. The van der Waals surface area contributed by atoms with Gasteiger partial charge in [0.1, 0.15) is 10.7 Å². The van der Waals surface area contributed by atoms with Crippen LogP contribution in [0.5, 0.6) is 0 Å². The van der Waals surface area contributed by atoms with E-state index in [0.717, 1.165) is 18.5 Å². The molecule has 2 N–H and O–H groups in total. The van der Waals surface area contributed by atoms with E-state index in [9.17, 15) is 12.8 Å². The molecule has 8 heteroatoms. The number of nitrogens with zero attached hydrogens (tertiary/aromatic N) is 2. The Kier molecular flexibility index (Phi) is 4.42. The standard InChI is InChI=1S/C9H12FN3O2S.ClH/c10-7-3-9(5-12-4-7)16(14,15)13-2-1-8(11)6-13;/h3-5,8H,1-2,6,11H2;1H/t8-;/m0./s1. The van der Waals surface area contributed by atoms with Crippen molar-refractivity contribution in [3.8, 4) is 0 Å². The fourth-order valence-electron chi connectivity index (χ4n) is 1.65. The van der Waals surface area contributed by atoms with Crippen LogP contribution in [0.15, 0.2) is 23.4 Å². The van der Waals surface area contributed by atoms with E-state index in [1.54, 1.807) is 0 Å². The van der Waals surface area contributed by atoms with Crippen molar-refractivity contribution >= 4 is 22.4 Å².